The number of rotatable bonds is 40. The first-order valence-corrected chi connectivity index (χ1v) is 28.3. The van der Waals surface area contributed by atoms with Crippen molar-refractivity contribution in [1.29, 1.82) is 0 Å². The normalized spacial score (nSPS) is 27.8. The van der Waals surface area contributed by atoms with Gasteiger partial charge in [0.15, 0.2) is 0 Å². The molecule has 7 heteroatoms. The van der Waals surface area contributed by atoms with Crippen LogP contribution in [0.1, 0.15) is 259 Å². The lowest BCUT2D eigenvalue weighted by molar-refractivity contribution is -0.158. The van der Waals surface area contributed by atoms with Gasteiger partial charge in [0.05, 0.1) is 36.6 Å². The molecule has 7 nitrogen and oxygen atoms in total. The Morgan fingerprint density at radius 3 is 1.40 bits per heavy atom. The third kappa shape index (κ3) is 16.0. The standard InChI is InChI=1S/C56H101NO6/c1-5-9-13-17-21-25-29-33-45(34-30-26-22-18-14-10-6-2)39-50(58)60-41-47-48(56-44-57-43-55-38-37-49(62-55)52(54(55)56)53(47)63-56)42-61-51(59)40-46(35-31-27-23-19-15-11-7-3)36-32-28-24-20-16-12-8-4/h45-49,52-54,57H,5-44H2,1-4H3. The number of fused-ring (bicyclic) bond motifs is 4. The number of hydrogen-bond donors (Lipinski definition) is 1. The molecular weight excluding hydrogens is 783 g/mol. The Balaban J connectivity index is 1.17. The fourth-order valence-electron chi connectivity index (χ4n) is 13.4. The highest BCUT2D eigenvalue weighted by molar-refractivity contribution is 5.70. The van der Waals surface area contributed by atoms with Crippen molar-refractivity contribution in [3.05, 3.63) is 0 Å². The minimum Gasteiger partial charge on any atom is -0.465 e. The Bertz CT molecular complexity index is 1210. The van der Waals surface area contributed by atoms with Crippen molar-refractivity contribution in [2.75, 3.05) is 26.3 Å². The molecule has 0 aromatic rings. The summed E-state index contributed by atoms with van der Waals surface area (Å²) in [7, 11) is 0. The second-order valence-electron chi connectivity index (χ2n) is 21.9. The first-order chi connectivity index (χ1) is 30.9. The van der Waals surface area contributed by atoms with Crippen LogP contribution in [0.25, 0.3) is 0 Å². The SMILES string of the molecule is CCCCCCCCCC(CCCCCCCCC)CC(=O)OCC1C2OC3(CNCC45CCC(O4)C2C53)C1COC(=O)CC(CCCCCCCCC)CCCCCCCCC. The Labute approximate surface area is 388 Å². The molecule has 8 unspecified atom stereocenters. The lowest BCUT2D eigenvalue weighted by Gasteiger charge is -2.52. The predicted molar refractivity (Wildman–Crippen MR) is 260 cm³/mol. The van der Waals surface area contributed by atoms with E-state index in [0.717, 1.165) is 51.6 Å². The number of piperidine rings is 1. The minimum atomic E-state index is -0.439. The van der Waals surface area contributed by atoms with Gasteiger partial charge in [0.25, 0.3) is 0 Å². The van der Waals surface area contributed by atoms with Crippen LogP contribution in [0.3, 0.4) is 0 Å². The van der Waals surface area contributed by atoms with Crippen molar-refractivity contribution in [2.24, 2.45) is 35.5 Å². The summed E-state index contributed by atoms with van der Waals surface area (Å²) < 4.78 is 26.8. The predicted octanol–water partition coefficient (Wildman–Crippen LogP) is 14.8. The third-order valence-electron chi connectivity index (χ3n) is 16.9. The molecule has 4 bridgehead atoms. The van der Waals surface area contributed by atoms with Gasteiger partial charge in [0, 0.05) is 49.6 Å². The van der Waals surface area contributed by atoms with Crippen molar-refractivity contribution >= 4 is 11.9 Å². The van der Waals surface area contributed by atoms with E-state index in [1.807, 2.05) is 0 Å². The van der Waals surface area contributed by atoms with Crippen LogP contribution in [-0.2, 0) is 28.5 Å². The van der Waals surface area contributed by atoms with E-state index in [1.165, 1.54) is 180 Å². The first-order valence-electron chi connectivity index (χ1n) is 28.3. The molecule has 0 saturated carbocycles. The van der Waals surface area contributed by atoms with E-state index >= 15 is 0 Å². The molecule has 1 N–H and O–H groups in total. The first kappa shape index (κ1) is 52.8. The minimum absolute atomic E-state index is 0.00553. The highest BCUT2D eigenvalue weighted by Gasteiger charge is 2.80. The van der Waals surface area contributed by atoms with E-state index < -0.39 is 5.60 Å². The quantitative estimate of drug-likeness (QED) is 0.0485. The average molecular weight is 884 g/mol. The molecule has 0 amide bonds. The monoisotopic (exact) mass is 884 g/mol. The van der Waals surface area contributed by atoms with Crippen LogP contribution in [0.4, 0.5) is 0 Å². The summed E-state index contributed by atoms with van der Waals surface area (Å²) in [6.45, 7) is 11.5. The number of carbonyl (C=O) groups is 2. The van der Waals surface area contributed by atoms with Crippen molar-refractivity contribution in [3.8, 4) is 0 Å². The molecule has 0 aliphatic carbocycles. The molecule has 8 atom stereocenters. The summed E-state index contributed by atoms with van der Waals surface area (Å²) in [5.74, 6) is 1.38. The zero-order valence-electron chi connectivity index (χ0n) is 41.9. The smallest absolute Gasteiger partial charge is 0.306 e. The van der Waals surface area contributed by atoms with Crippen molar-refractivity contribution in [3.63, 3.8) is 0 Å². The average Bonchev–Trinajstić information content (AvgIpc) is 4.03. The van der Waals surface area contributed by atoms with Gasteiger partial charge in [-0.2, -0.15) is 0 Å². The van der Waals surface area contributed by atoms with Gasteiger partial charge in [-0.15, -0.1) is 0 Å². The highest BCUT2D eigenvalue weighted by Crippen LogP contribution is 2.69. The molecule has 5 aliphatic heterocycles. The van der Waals surface area contributed by atoms with Gasteiger partial charge >= 0.3 is 11.9 Å². The maximum absolute atomic E-state index is 13.9. The van der Waals surface area contributed by atoms with Crippen LogP contribution in [0, 0.1) is 35.5 Å². The van der Waals surface area contributed by atoms with Crippen LogP contribution < -0.4 is 5.32 Å². The maximum atomic E-state index is 13.9. The molecule has 0 radical (unpaired) electrons. The second kappa shape index (κ2) is 29.6. The molecule has 0 aromatic heterocycles. The topological polar surface area (TPSA) is 83.1 Å². The van der Waals surface area contributed by atoms with Gasteiger partial charge in [0.2, 0.25) is 0 Å². The molecule has 0 aromatic carbocycles. The van der Waals surface area contributed by atoms with Crippen molar-refractivity contribution in [2.45, 2.75) is 282 Å². The van der Waals surface area contributed by atoms with Crippen LogP contribution in [0.15, 0.2) is 0 Å². The van der Waals surface area contributed by atoms with Gasteiger partial charge in [-0.05, 0) is 50.4 Å². The fraction of sp³-hybridized carbons (Fsp3) is 0.964. The van der Waals surface area contributed by atoms with Gasteiger partial charge < -0.3 is 24.3 Å². The van der Waals surface area contributed by atoms with Crippen LogP contribution in [-0.4, -0.2) is 61.7 Å². The number of nitrogens with one attached hydrogen (secondary N) is 1. The molecule has 5 rings (SSSR count). The summed E-state index contributed by atoms with van der Waals surface area (Å²) in [5, 5.41) is 3.75. The van der Waals surface area contributed by atoms with Crippen LogP contribution >= 0.6 is 0 Å². The summed E-state index contributed by atoms with van der Waals surface area (Å²) in [6.07, 6.45) is 44.4. The van der Waals surface area contributed by atoms with Gasteiger partial charge in [-0.25, -0.2) is 0 Å². The Hall–Kier alpha value is -1.18. The molecule has 5 heterocycles. The number of hydrogen-bond acceptors (Lipinski definition) is 7. The van der Waals surface area contributed by atoms with Gasteiger partial charge in [-0.1, -0.05) is 207 Å². The Morgan fingerprint density at radius 2 is 0.952 bits per heavy atom. The molecular formula is C56H101NO6. The summed E-state index contributed by atoms with van der Waals surface area (Å²) in [5.41, 5.74) is -0.616. The largest absolute Gasteiger partial charge is 0.465 e. The zero-order valence-corrected chi connectivity index (χ0v) is 41.9. The Kier molecular flexibility index (Phi) is 24.8. The molecule has 5 aliphatic rings. The summed E-state index contributed by atoms with van der Waals surface area (Å²) in [4.78, 5) is 27.8. The molecule has 366 valence electrons. The summed E-state index contributed by atoms with van der Waals surface area (Å²) in [6, 6.07) is 0. The molecule has 2 spiro atoms. The second-order valence-corrected chi connectivity index (χ2v) is 21.9. The zero-order chi connectivity index (χ0) is 44.6. The van der Waals surface area contributed by atoms with E-state index in [0.29, 0.717) is 49.7 Å². The number of carbonyl (C=O) groups excluding carboxylic acids is 2. The molecule has 5 saturated heterocycles. The highest BCUT2D eigenvalue weighted by atomic mass is 16.6. The van der Waals surface area contributed by atoms with E-state index in [2.05, 4.69) is 33.0 Å². The van der Waals surface area contributed by atoms with E-state index in [4.69, 9.17) is 18.9 Å². The van der Waals surface area contributed by atoms with Crippen molar-refractivity contribution < 1.29 is 28.5 Å². The van der Waals surface area contributed by atoms with E-state index in [9.17, 15) is 9.59 Å². The maximum Gasteiger partial charge on any atom is 0.306 e. The summed E-state index contributed by atoms with van der Waals surface area (Å²) >= 11 is 0. The number of unbranched alkanes of at least 4 members (excludes halogenated alkanes) is 24. The fourth-order valence-corrected chi connectivity index (χ4v) is 13.4. The molecule has 5 fully saturated rings. The Morgan fingerprint density at radius 1 is 0.540 bits per heavy atom. The molecule has 63 heavy (non-hydrogen) atoms. The van der Waals surface area contributed by atoms with Crippen LogP contribution in [0.5, 0.6) is 0 Å². The van der Waals surface area contributed by atoms with Gasteiger partial charge in [0.1, 0.15) is 0 Å². The van der Waals surface area contributed by atoms with E-state index in [1.54, 1.807) is 0 Å². The van der Waals surface area contributed by atoms with Crippen LogP contribution in [0.2, 0.25) is 0 Å². The lowest BCUT2D eigenvalue weighted by Crippen LogP contribution is -2.68. The van der Waals surface area contributed by atoms with E-state index in [-0.39, 0.29) is 41.6 Å². The van der Waals surface area contributed by atoms with Gasteiger partial charge in [-0.3, -0.25) is 9.59 Å². The lowest BCUT2D eigenvalue weighted by atomic mass is 9.53. The third-order valence-corrected chi connectivity index (χ3v) is 16.9. The number of esters is 2. The number of ether oxygens (including phenoxy) is 4. The van der Waals surface area contributed by atoms with Crippen molar-refractivity contribution in [1.82, 2.24) is 5.32 Å².